The molecule has 1 saturated heterocycles. The van der Waals surface area contributed by atoms with Crippen LogP contribution in [0.15, 0.2) is 75.7 Å². The van der Waals surface area contributed by atoms with E-state index in [1.807, 2.05) is 24.3 Å². The highest BCUT2D eigenvalue weighted by Gasteiger charge is 2.30. The van der Waals surface area contributed by atoms with Crippen molar-refractivity contribution in [3.8, 4) is 11.5 Å². The molecule has 3 aromatic rings. The number of amides is 2. The first kappa shape index (κ1) is 26.8. The lowest BCUT2D eigenvalue weighted by molar-refractivity contribution is -0.152. The summed E-state index contributed by atoms with van der Waals surface area (Å²) in [6.07, 6.45) is 1.14. The molecule has 0 aliphatic carbocycles. The zero-order valence-corrected chi connectivity index (χ0v) is 22.8. The van der Waals surface area contributed by atoms with E-state index in [4.69, 9.17) is 9.47 Å². The molecule has 2 amide bonds. The number of anilines is 1. The highest BCUT2D eigenvalue weighted by atomic mass is 79.9. The van der Waals surface area contributed by atoms with Gasteiger partial charge in [0, 0.05) is 28.8 Å². The first-order valence-electron chi connectivity index (χ1n) is 11.5. The standard InChI is InChI=1S/C27H23Br2FN2O5/c28-19-4-8-21(9-5-19)37-22-10-6-20(7-11-22)31-25(33)16-36-27(35)18-2-1-13-32(15-18)26(34)17-3-12-23(29)24(30)14-17/h3-12,14,18H,1-2,13,15-16H2,(H,31,33). The van der Waals surface area contributed by atoms with Gasteiger partial charge in [-0.3, -0.25) is 14.4 Å². The van der Waals surface area contributed by atoms with E-state index in [1.165, 1.54) is 17.0 Å². The molecule has 10 heteroatoms. The van der Waals surface area contributed by atoms with Crippen LogP contribution in [0.4, 0.5) is 10.1 Å². The average Bonchev–Trinajstić information content (AvgIpc) is 2.91. The molecular formula is C27H23Br2FN2O5. The van der Waals surface area contributed by atoms with Crippen molar-refractivity contribution < 1.29 is 28.2 Å². The molecule has 1 heterocycles. The van der Waals surface area contributed by atoms with E-state index in [2.05, 4.69) is 37.2 Å². The zero-order valence-electron chi connectivity index (χ0n) is 19.6. The maximum atomic E-state index is 13.8. The van der Waals surface area contributed by atoms with Gasteiger partial charge in [-0.05, 0) is 95.5 Å². The summed E-state index contributed by atoms with van der Waals surface area (Å²) in [6, 6.07) is 18.4. The lowest BCUT2D eigenvalue weighted by atomic mass is 9.97. The third kappa shape index (κ3) is 7.39. The fraction of sp³-hybridized carbons (Fsp3) is 0.222. The summed E-state index contributed by atoms with van der Waals surface area (Å²) in [5, 5.41) is 2.68. The number of halogens is 3. The lowest BCUT2D eigenvalue weighted by Gasteiger charge is -2.31. The molecule has 1 aliphatic heterocycles. The Morgan fingerprint density at radius 3 is 2.32 bits per heavy atom. The SMILES string of the molecule is O=C(COC(=O)C1CCCN(C(=O)c2ccc(Br)c(F)c2)C1)Nc1ccc(Oc2ccc(Br)cc2)cc1. The van der Waals surface area contributed by atoms with Crippen LogP contribution in [0.2, 0.25) is 0 Å². The number of hydrogen-bond acceptors (Lipinski definition) is 5. The van der Waals surface area contributed by atoms with Gasteiger partial charge in [0.2, 0.25) is 0 Å². The quantitative estimate of drug-likeness (QED) is 0.314. The molecule has 0 saturated carbocycles. The summed E-state index contributed by atoms with van der Waals surface area (Å²) < 4.78 is 26.0. The molecule has 192 valence electrons. The van der Waals surface area contributed by atoms with Crippen molar-refractivity contribution in [3.63, 3.8) is 0 Å². The monoisotopic (exact) mass is 632 g/mol. The predicted octanol–water partition coefficient (Wildman–Crippen LogP) is 6.18. The molecule has 0 bridgehead atoms. The lowest BCUT2D eigenvalue weighted by Crippen LogP contribution is -2.43. The van der Waals surface area contributed by atoms with E-state index in [1.54, 1.807) is 24.3 Å². The Kier molecular flexibility index (Phi) is 8.94. The molecule has 0 radical (unpaired) electrons. The summed E-state index contributed by atoms with van der Waals surface area (Å²) in [7, 11) is 0. The highest BCUT2D eigenvalue weighted by molar-refractivity contribution is 9.10. The molecule has 37 heavy (non-hydrogen) atoms. The van der Waals surface area contributed by atoms with Gasteiger partial charge in [0.1, 0.15) is 17.3 Å². The molecule has 7 nitrogen and oxygen atoms in total. The molecular weight excluding hydrogens is 611 g/mol. The number of benzene rings is 3. The van der Waals surface area contributed by atoms with E-state index in [0.717, 1.165) is 10.5 Å². The van der Waals surface area contributed by atoms with Crippen LogP contribution in [0.3, 0.4) is 0 Å². The van der Waals surface area contributed by atoms with E-state index in [-0.39, 0.29) is 22.5 Å². The van der Waals surface area contributed by atoms with Crippen LogP contribution in [0.25, 0.3) is 0 Å². The van der Waals surface area contributed by atoms with Gasteiger partial charge in [-0.25, -0.2) is 4.39 Å². The topological polar surface area (TPSA) is 84.9 Å². The molecule has 1 unspecified atom stereocenters. The minimum absolute atomic E-state index is 0.150. The van der Waals surface area contributed by atoms with Crippen molar-refractivity contribution in [2.45, 2.75) is 12.8 Å². The van der Waals surface area contributed by atoms with E-state index in [9.17, 15) is 18.8 Å². The van der Waals surface area contributed by atoms with Gasteiger partial charge in [-0.1, -0.05) is 15.9 Å². The van der Waals surface area contributed by atoms with Gasteiger partial charge in [0.05, 0.1) is 10.4 Å². The van der Waals surface area contributed by atoms with Crippen LogP contribution < -0.4 is 10.1 Å². The smallest absolute Gasteiger partial charge is 0.311 e. The number of carbonyl (C=O) groups excluding carboxylic acids is 3. The second-order valence-electron chi connectivity index (χ2n) is 8.46. The summed E-state index contributed by atoms with van der Waals surface area (Å²) >= 11 is 6.44. The van der Waals surface area contributed by atoms with Gasteiger partial charge in [-0.15, -0.1) is 0 Å². The Bertz CT molecular complexity index is 1280. The fourth-order valence-electron chi connectivity index (χ4n) is 3.86. The molecule has 0 aromatic heterocycles. The van der Waals surface area contributed by atoms with Crippen LogP contribution in [-0.4, -0.2) is 42.4 Å². The van der Waals surface area contributed by atoms with Crippen LogP contribution in [0.1, 0.15) is 23.2 Å². The Morgan fingerprint density at radius 2 is 1.65 bits per heavy atom. The number of nitrogens with one attached hydrogen (secondary N) is 1. The van der Waals surface area contributed by atoms with E-state index in [0.29, 0.717) is 36.6 Å². The van der Waals surface area contributed by atoms with Gasteiger partial charge < -0.3 is 19.7 Å². The first-order chi connectivity index (χ1) is 17.8. The van der Waals surface area contributed by atoms with Crippen molar-refractivity contribution in [2.24, 2.45) is 5.92 Å². The van der Waals surface area contributed by atoms with E-state index >= 15 is 0 Å². The van der Waals surface area contributed by atoms with Crippen LogP contribution in [-0.2, 0) is 14.3 Å². The molecule has 4 rings (SSSR count). The fourth-order valence-corrected chi connectivity index (χ4v) is 4.37. The predicted molar refractivity (Wildman–Crippen MR) is 143 cm³/mol. The number of hydrogen-bond donors (Lipinski definition) is 1. The summed E-state index contributed by atoms with van der Waals surface area (Å²) in [5.41, 5.74) is 0.739. The van der Waals surface area contributed by atoms with Crippen molar-refractivity contribution in [1.29, 1.82) is 0 Å². The highest BCUT2D eigenvalue weighted by Crippen LogP contribution is 2.25. The Morgan fingerprint density at radius 1 is 0.973 bits per heavy atom. The molecule has 1 fully saturated rings. The van der Waals surface area contributed by atoms with E-state index < -0.39 is 30.2 Å². The number of carbonyl (C=O) groups is 3. The number of rotatable bonds is 7. The third-order valence-corrected chi connectivity index (χ3v) is 6.91. The van der Waals surface area contributed by atoms with Gasteiger partial charge >= 0.3 is 5.97 Å². The molecule has 3 aromatic carbocycles. The number of ether oxygens (including phenoxy) is 2. The maximum absolute atomic E-state index is 13.8. The third-order valence-electron chi connectivity index (χ3n) is 5.74. The largest absolute Gasteiger partial charge is 0.457 e. The zero-order chi connectivity index (χ0) is 26.4. The molecule has 1 atom stereocenters. The van der Waals surface area contributed by atoms with Crippen molar-refractivity contribution in [1.82, 2.24) is 4.90 Å². The van der Waals surface area contributed by atoms with Crippen LogP contribution in [0.5, 0.6) is 11.5 Å². The van der Waals surface area contributed by atoms with Gasteiger partial charge in [0.15, 0.2) is 6.61 Å². The number of likely N-dealkylation sites (tertiary alicyclic amines) is 1. The first-order valence-corrected chi connectivity index (χ1v) is 13.1. The van der Waals surface area contributed by atoms with Crippen molar-refractivity contribution in [2.75, 3.05) is 25.0 Å². The van der Waals surface area contributed by atoms with Gasteiger partial charge in [0.25, 0.3) is 11.8 Å². The second kappa shape index (κ2) is 12.3. The van der Waals surface area contributed by atoms with Crippen LogP contribution in [0, 0.1) is 11.7 Å². The molecule has 0 spiro atoms. The average molecular weight is 634 g/mol. The van der Waals surface area contributed by atoms with Gasteiger partial charge in [-0.2, -0.15) is 0 Å². The summed E-state index contributed by atoms with van der Waals surface area (Å²) in [6.45, 7) is 0.164. The van der Waals surface area contributed by atoms with Crippen molar-refractivity contribution in [3.05, 3.63) is 87.1 Å². The Balaban J connectivity index is 1.24. The second-order valence-corrected chi connectivity index (χ2v) is 10.2. The summed E-state index contributed by atoms with van der Waals surface area (Å²) in [5.74, 6) is -1.18. The normalized spacial score (nSPS) is 15.1. The maximum Gasteiger partial charge on any atom is 0.311 e. The molecule has 1 N–H and O–H groups in total. The minimum atomic E-state index is -0.555. The molecule has 1 aliphatic rings. The van der Waals surface area contributed by atoms with Crippen LogP contribution >= 0.6 is 31.9 Å². The number of piperidine rings is 1. The number of nitrogens with zero attached hydrogens (tertiary/aromatic N) is 1. The Labute approximate surface area is 230 Å². The number of esters is 1. The minimum Gasteiger partial charge on any atom is -0.457 e. The summed E-state index contributed by atoms with van der Waals surface area (Å²) in [4.78, 5) is 39.1. The van der Waals surface area contributed by atoms with Crippen molar-refractivity contribution >= 4 is 55.3 Å². The Hall–Kier alpha value is -3.24.